The fraction of sp³-hybridized carbons (Fsp3) is 0.133. The van der Waals surface area contributed by atoms with Gasteiger partial charge in [0.1, 0.15) is 0 Å². The van der Waals surface area contributed by atoms with E-state index in [1.165, 1.54) is 0 Å². The van der Waals surface area contributed by atoms with Gasteiger partial charge in [0.15, 0.2) is 5.41 Å². The maximum absolute atomic E-state index is 11.0. The van der Waals surface area contributed by atoms with E-state index in [0.29, 0.717) is 11.1 Å². The van der Waals surface area contributed by atoms with Crippen molar-refractivity contribution >= 4 is 0 Å². The lowest BCUT2D eigenvalue weighted by Crippen LogP contribution is -2.34. The summed E-state index contributed by atoms with van der Waals surface area (Å²) in [6.07, 6.45) is 0. The molecule has 0 atom stereocenters. The molecule has 0 bridgehead atoms. The smallest absolute Gasteiger partial charge is 0.230 e. The van der Waals surface area contributed by atoms with Gasteiger partial charge in [-0.1, -0.05) is 60.7 Å². The highest BCUT2D eigenvalue weighted by Crippen LogP contribution is 2.31. The van der Waals surface area contributed by atoms with Crippen LogP contribution in [0.4, 0.5) is 0 Å². The monoisotopic (exact) mass is 252 g/mol. The largest absolute Gasteiger partial charge is 0.264 e. The van der Waals surface area contributed by atoms with Crippen LogP contribution in [0.3, 0.4) is 0 Å². The molecule has 19 heavy (non-hydrogen) atoms. The Morgan fingerprint density at radius 2 is 1.42 bits per heavy atom. The fourth-order valence-electron chi connectivity index (χ4n) is 2.15. The van der Waals surface area contributed by atoms with E-state index in [2.05, 4.69) is 6.07 Å². The normalized spacial score (nSPS) is 10.7. The molecule has 2 aromatic rings. The van der Waals surface area contributed by atoms with Crippen LogP contribution in [-0.2, 0) is 5.41 Å². The van der Waals surface area contributed by atoms with Crippen molar-refractivity contribution in [1.82, 2.24) is 0 Å². The molecular weight excluding hydrogens is 240 g/mol. The third kappa shape index (κ3) is 2.45. The van der Waals surface area contributed by atoms with Gasteiger partial charge in [-0.05, 0) is 11.1 Å². The Morgan fingerprint density at radius 3 is 1.74 bits per heavy atom. The molecule has 0 saturated heterocycles. The highest BCUT2D eigenvalue weighted by atomic mass is 16.6. The molecule has 0 aromatic heterocycles. The van der Waals surface area contributed by atoms with Crippen molar-refractivity contribution in [3.63, 3.8) is 0 Å². The third-order valence-corrected chi connectivity index (χ3v) is 3.09. The average molecular weight is 252 g/mol. The predicted molar refractivity (Wildman–Crippen MR) is 71.1 cm³/mol. The van der Waals surface area contributed by atoms with Crippen LogP contribution in [0, 0.1) is 21.4 Å². The molecule has 4 nitrogen and oxygen atoms in total. The summed E-state index contributed by atoms with van der Waals surface area (Å²) in [5, 5.41) is 20.6. The second-order valence-electron chi connectivity index (χ2n) is 4.24. The Kier molecular flexibility index (Phi) is 3.58. The molecule has 0 aliphatic heterocycles. The summed E-state index contributed by atoms with van der Waals surface area (Å²) in [6.45, 7) is -0.447. The maximum atomic E-state index is 11.0. The van der Waals surface area contributed by atoms with E-state index in [9.17, 15) is 15.4 Å². The second-order valence-corrected chi connectivity index (χ2v) is 4.24. The minimum Gasteiger partial charge on any atom is -0.264 e. The Hall–Kier alpha value is -2.67. The lowest BCUT2D eigenvalue weighted by atomic mass is 9.76. The van der Waals surface area contributed by atoms with Gasteiger partial charge in [-0.15, -0.1) is 0 Å². The van der Waals surface area contributed by atoms with Crippen LogP contribution in [0.1, 0.15) is 11.1 Å². The SMILES string of the molecule is N#CC(C[N+](=O)[O-])(c1ccccc1)c1ccccc1. The van der Waals surface area contributed by atoms with Gasteiger partial charge in [0.25, 0.3) is 0 Å². The van der Waals surface area contributed by atoms with Crippen molar-refractivity contribution in [1.29, 1.82) is 5.26 Å². The lowest BCUT2D eigenvalue weighted by molar-refractivity contribution is -0.486. The van der Waals surface area contributed by atoms with Gasteiger partial charge in [-0.25, -0.2) is 0 Å². The highest BCUT2D eigenvalue weighted by molar-refractivity contribution is 5.45. The second kappa shape index (κ2) is 5.32. The van der Waals surface area contributed by atoms with Gasteiger partial charge in [0, 0.05) is 4.92 Å². The zero-order valence-electron chi connectivity index (χ0n) is 10.2. The van der Waals surface area contributed by atoms with E-state index in [4.69, 9.17) is 0 Å². The topological polar surface area (TPSA) is 66.9 Å². The van der Waals surface area contributed by atoms with Crippen LogP contribution in [0.2, 0.25) is 0 Å². The van der Waals surface area contributed by atoms with Crippen molar-refractivity contribution in [3.8, 4) is 6.07 Å². The Balaban J connectivity index is 2.63. The molecule has 0 aliphatic rings. The molecular formula is C15H12N2O2. The zero-order valence-corrected chi connectivity index (χ0v) is 10.2. The van der Waals surface area contributed by atoms with Gasteiger partial charge in [-0.3, -0.25) is 10.1 Å². The minimum absolute atomic E-state index is 0.441. The first-order chi connectivity index (χ1) is 9.19. The zero-order chi connectivity index (χ0) is 13.7. The van der Waals surface area contributed by atoms with Crippen LogP contribution in [0.5, 0.6) is 0 Å². The summed E-state index contributed by atoms with van der Waals surface area (Å²) < 4.78 is 0. The molecule has 0 unspecified atom stereocenters. The summed E-state index contributed by atoms with van der Waals surface area (Å²) in [6, 6.07) is 19.9. The van der Waals surface area contributed by atoms with E-state index in [0.717, 1.165) is 0 Å². The number of nitro groups is 1. The number of rotatable bonds is 4. The van der Waals surface area contributed by atoms with E-state index in [-0.39, 0.29) is 0 Å². The standard InChI is InChI=1S/C15H12N2O2/c16-11-15(12-17(18)19,13-7-3-1-4-8-13)14-9-5-2-6-10-14/h1-10H,12H2. The molecule has 0 radical (unpaired) electrons. The van der Waals surface area contributed by atoms with E-state index in [1.807, 2.05) is 12.1 Å². The van der Waals surface area contributed by atoms with Crippen molar-refractivity contribution in [2.45, 2.75) is 5.41 Å². The van der Waals surface area contributed by atoms with E-state index < -0.39 is 16.9 Å². The van der Waals surface area contributed by atoms with E-state index >= 15 is 0 Å². The number of nitriles is 1. The fourth-order valence-corrected chi connectivity index (χ4v) is 2.15. The number of benzene rings is 2. The quantitative estimate of drug-likeness (QED) is 0.620. The summed E-state index contributed by atoms with van der Waals surface area (Å²) in [5.41, 5.74) is 0.0345. The van der Waals surface area contributed by atoms with Gasteiger partial charge in [0.2, 0.25) is 6.54 Å². The van der Waals surface area contributed by atoms with E-state index in [1.54, 1.807) is 48.5 Å². The Bertz CT molecular complexity index is 564. The first-order valence-corrected chi connectivity index (χ1v) is 5.83. The number of hydrogen-bond donors (Lipinski definition) is 0. The van der Waals surface area contributed by atoms with Gasteiger partial charge >= 0.3 is 0 Å². The minimum atomic E-state index is -1.24. The summed E-state index contributed by atoms with van der Waals surface area (Å²) >= 11 is 0. The summed E-state index contributed by atoms with van der Waals surface area (Å²) in [5.74, 6) is 0. The molecule has 0 heterocycles. The third-order valence-electron chi connectivity index (χ3n) is 3.09. The van der Waals surface area contributed by atoms with Crippen molar-refractivity contribution in [2.75, 3.05) is 6.54 Å². The molecule has 0 spiro atoms. The van der Waals surface area contributed by atoms with Gasteiger partial charge in [-0.2, -0.15) is 5.26 Å². The van der Waals surface area contributed by atoms with Crippen molar-refractivity contribution in [2.24, 2.45) is 0 Å². The lowest BCUT2D eigenvalue weighted by Gasteiger charge is -2.23. The van der Waals surface area contributed by atoms with Crippen LogP contribution in [0.15, 0.2) is 60.7 Å². The maximum Gasteiger partial charge on any atom is 0.230 e. The highest BCUT2D eigenvalue weighted by Gasteiger charge is 2.39. The molecule has 0 N–H and O–H groups in total. The predicted octanol–water partition coefficient (Wildman–Crippen LogP) is 2.77. The molecule has 4 heteroatoms. The molecule has 94 valence electrons. The van der Waals surface area contributed by atoms with Crippen LogP contribution >= 0.6 is 0 Å². The summed E-state index contributed by atoms with van der Waals surface area (Å²) in [4.78, 5) is 10.5. The average Bonchev–Trinajstić information content (AvgIpc) is 2.46. The van der Waals surface area contributed by atoms with Crippen LogP contribution in [-0.4, -0.2) is 11.5 Å². The van der Waals surface area contributed by atoms with Crippen LogP contribution < -0.4 is 0 Å². The Labute approximate surface area is 111 Å². The summed E-state index contributed by atoms with van der Waals surface area (Å²) in [7, 11) is 0. The van der Waals surface area contributed by atoms with Crippen molar-refractivity contribution < 1.29 is 4.92 Å². The number of hydrogen-bond acceptors (Lipinski definition) is 3. The van der Waals surface area contributed by atoms with Gasteiger partial charge < -0.3 is 0 Å². The molecule has 2 rings (SSSR count). The molecule has 0 fully saturated rings. The Morgan fingerprint density at radius 1 is 1.00 bits per heavy atom. The van der Waals surface area contributed by atoms with Crippen LogP contribution in [0.25, 0.3) is 0 Å². The molecule has 2 aromatic carbocycles. The molecule has 0 amide bonds. The van der Waals surface area contributed by atoms with Gasteiger partial charge in [0.05, 0.1) is 6.07 Å². The van der Waals surface area contributed by atoms with Crippen molar-refractivity contribution in [3.05, 3.63) is 81.9 Å². The number of nitrogens with zero attached hydrogens (tertiary/aromatic N) is 2. The molecule has 0 saturated carbocycles. The molecule has 0 aliphatic carbocycles. The first kappa shape index (κ1) is 12.8. The first-order valence-electron chi connectivity index (χ1n) is 5.83.